The van der Waals surface area contributed by atoms with E-state index in [4.69, 9.17) is 0 Å². The van der Waals surface area contributed by atoms with Crippen LogP contribution >= 0.6 is 22.6 Å². The fraction of sp³-hybridized carbons (Fsp3) is 0.0714. The molecule has 0 unspecified atom stereocenters. The Kier molecular flexibility index (Phi) is 4.47. The highest BCUT2D eigenvalue weighted by Gasteiger charge is 2.13. The van der Waals surface area contributed by atoms with Gasteiger partial charge in [-0.1, -0.05) is 12.1 Å². The van der Waals surface area contributed by atoms with Crippen molar-refractivity contribution < 1.29 is 13.6 Å². The minimum absolute atomic E-state index is 0.217. The van der Waals surface area contributed by atoms with Crippen molar-refractivity contribution in [3.05, 3.63) is 63.2 Å². The lowest BCUT2D eigenvalue weighted by molar-refractivity contribution is -0.115. The predicted octanol–water partition coefficient (Wildman–Crippen LogP) is 3.75. The van der Waals surface area contributed by atoms with Gasteiger partial charge in [0, 0.05) is 14.8 Å². The molecule has 0 aliphatic rings. The van der Waals surface area contributed by atoms with E-state index in [0.717, 1.165) is 15.7 Å². The first kappa shape index (κ1) is 13.9. The molecule has 98 valence electrons. The maximum atomic E-state index is 13.4. The maximum absolute atomic E-state index is 13.4. The zero-order valence-corrected chi connectivity index (χ0v) is 11.9. The molecule has 19 heavy (non-hydrogen) atoms. The van der Waals surface area contributed by atoms with Crippen LogP contribution in [0.15, 0.2) is 42.5 Å². The average molecular weight is 373 g/mol. The molecular formula is C14H10F2INO. The average Bonchev–Trinajstić information content (AvgIpc) is 2.34. The topological polar surface area (TPSA) is 29.1 Å². The van der Waals surface area contributed by atoms with Crippen LogP contribution in [0.5, 0.6) is 0 Å². The number of halogens is 3. The van der Waals surface area contributed by atoms with Gasteiger partial charge < -0.3 is 5.32 Å². The zero-order valence-electron chi connectivity index (χ0n) is 9.79. The molecule has 0 fully saturated rings. The Morgan fingerprint density at radius 1 is 1.11 bits per heavy atom. The van der Waals surface area contributed by atoms with Gasteiger partial charge in [-0.25, -0.2) is 8.78 Å². The van der Waals surface area contributed by atoms with Crippen molar-refractivity contribution in [3.8, 4) is 0 Å². The molecule has 0 atom stereocenters. The van der Waals surface area contributed by atoms with Crippen LogP contribution in [0, 0.1) is 15.2 Å². The second-order valence-electron chi connectivity index (χ2n) is 3.94. The quantitative estimate of drug-likeness (QED) is 0.816. The molecular weight excluding hydrogens is 363 g/mol. The van der Waals surface area contributed by atoms with Crippen LogP contribution in [-0.2, 0) is 11.2 Å². The standard InChI is InChI=1S/C14H10F2INO/c15-12-5-2-6-13(16)11(12)8-14(19)18-10-4-1-3-9(17)7-10/h1-7H,8H2,(H,18,19). The molecule has 2 aromatic carbocycles. The normalized spacial score (nSPS) is 10.3. The number of rotatable bonds is 3. The van der Waals surface area contributed by atoms with Gasteiger partial charge in [-0.3, -0.25) is 4.79 Å². The van der Waals surface area contributed by atoms with E-state index in [2.05, 4.69) is 27.9 Å². The largest absolute Gasteiger partial charge is 0.326 e. The van der Waals surface area contributed by atoms with Gasteiger partial charge in [0.2, 0.25) is 5.91 Å². The molecule has 1 amide bonds. The molecule has 1 N–H and O–H groups in total. The van der Waals surface area contributed by atoms with Crippen molar-refractivity contribution in [1.82, 2.24) is 0 Å². The van der Waals surface area contributed by atoms with Crippen molar-refractivity contribution in [2.75, 3.05) is 5.32 Å². The van der Waals surface area contributed by atoms with Crippen LogP contribution in [0.2, 0.25) is 0 Å². The highest BCUT2D eigenvalue weighted by atomic mass is 127. The lowest BCUT2D eigenvalue weighted by Gasteiger charge is -2.07. The van der Waals surface area contributed by atoms with Crippen LogP contribution < -0.4 is 5.32 Å². The fourth-order valence-corrected chi connectivity index (χ4v) is 2.18. The van der Waals surface area contributed by atoms with Crippen molar-refractivity contribution in [3.63, 3.8) is 0 Å². The number of carbonyl (C=O) groups excluding carboxylic acids is 1. The Morgan fingerprint density at radius 2 is 1.74 bits per heavy atom. The van der Waals surface area contributed by atoms with Gasteiger partial charge in [-0.05, 0) is 52.9 Å². The molecule has 0 saturated carbocycles. The molecule has 0 heterocycles. The van der Waals surface area contributed by atoms with Gasteiger partial charge in [0.05, 0.1) is 6.42 Å². The molecule has 0 aromatic heterocycles. The Balaban J connectivity index is 2.10. The highest BCUT2D eigenvalue weighted by Crippen LogP contribution is 2.15. The van der Waals surface area contributed by atoms with Gasteiger partial charge in [0.15, 0.2) is 0 Å². The van der Waals surface area contributed by atoms with Crippen LogP contribution in [0.25, 0.3) is 0 Å². The van der Waals surface area contributed by atoms with Gasteiger partial charge in [0.25, 0.3) is 0 Å². The summed E-state index contributed by atoms with van der Waals surface area (Å²) in [6.45, 7) is 0. The van der Waals surface area contributed by atoms with Gasteiger partial charge in [-0.15, -0.1) is 0 Å². The monoisotopic (exact) mass is 373 g/mol. The molecule has 0 saturated heterocycles. The number of benzene rings is 2. The summed E-state index contributed by atoms with van der Waals surface area (Å²) in [7, 11) is 0. The molecule has 2 nitrogen and oxygen atoms in total. The van der Waals surface area contributed by atoms with Crippen LogP contribution in [0.1, 0.15) is 5.56 Å². The summed E-state index contributed by atoms with van der Waals surface area (Å²) in [5.41, 5.74) is 0.388. The number of amides is 1. The molecule has 0 bridgehead atoms. The second-order valence-corrected chi connectivity index (χ2v) is 5.18. The van der Waals surface area contributed by atoms with Crippen molar-refractivity contribution in [2.45, 2.75) is 6.42 Å². The molecule has 0 radical (unpaired) electrons. The van der Waals surface area contributed by atoms with Crippen LogP contribution in [0.3, 0.4) is 0 Å². The van der Waals surface area contributed by atoms with Crippen molar-refractivity contribution in [1.29, 1.82) is 0 Å². The van der Waals surface area contributed by atoms with Gasteiger partial charge in [0.1, 0.15) is 11.6 Å². The van der Waals surface area contributed by atoms with E-state index < -0.39 is 17.5 Å². The first-order chi connectivity index (χ1) is 9.06. The molecule has 2 aromatic rings. The summed E-state index contributed by atoms with van der Waals surface area (Å²) >= 11 is 2.12. The lowest BCUT2D eigenvalue weighted by Crippen LogP contribution is -2.16. The third-order valence-corrected chi connectivity index (χ3v) is 3.18. The third-order valence-electron chi connectivity index (χ3n) is 2.51. The third kappa shape index (κ3) is 3.73. The van der Waals surface area contributed by atoms with E-state index in [9.17, 15) is 13.6 Å². The van der Waals surface area contributed by atoms with E-state index in [1.54, 1.807) is 18.2 Å². The second kappa shape index (κ2) is 6.10. The fourth-order valence-electron chi connectivity index (χ4n) is 1.63. The summed E-state index contributed by atoms with van der Waals surface area (Å²) in [5.74, 6) is -1.87. The number of anilines is 1. The number of carbonyl (C=O) groups is 1. The van der Waals surface area contributed by atoms with E-state index in [0.29, 0.717) is 5.69 Å². The first-order valence-electron chi connectivity index (χ1n) is 5.54. The Labute approximate surface area is 123 Å². The summed E-state index contributed by atoms with van der Waals surface area (Å²) in [6, 6.07) is 10.7. The minimum Gasteiger partial charge on any atom is -0.326 e. The predicted molar refractivity (Wildman–Crippen MR) is 77.9 cm³/mol. The Bertz CT molecular complexity index is 596. The van der Waals surface area contributed by atoms with Gasteiger partial charge >= 0.3 is 0 Å². The van der Waals surface area contributed by atoms with Crippen molar-refractivity contribution >= 4 is 34.2 Å². The van der Waals surface area contributed by atoms with Gasteiger partial charge in [-0.2, -0.15) is 0 Å². The molecule has 5 heteroatoms. The molecule has 0 aliphatic heterocycles. The first-order valence-corrected chi connectivity index (χ1v) is 6.62. The molecule has 0 spiro atoms. The number of hydrogen-bond donors (Lipinski definition) is 1. The van der Waals surface area contributed by atoms with E-state index in [1.807, 2.05) is 6.07 Å². The van der Waals surface area contributed by atoms with Crippen LogP contribution in [-0.4, -0.2) is 5.91 Å². The molecule has 0 aliphatic carbocycles. The lowest BCUT2D eigenvalue weighted by atomic mass is 10.1. The van der Waals surface area contributed by atoms with Crippen LogP contribution in [0.4, 0.5) is 14.5 Å². The number of hydrogen-bond acceptors (Lipinski definition) is 1. The van der Waals surface area contributed by atoms with E-state index in [1.165, 1.54) is 6.07 Å². The Morgan fingerprint density at radius 3 is 2.37 bits per heavy atom. The number of nitrogens with one attached hydrogen (secondary N) is 1. The highest BCUT2D eigenvalue weighted by molar-refractivity contribution is 14.1. The zero-order chi connectivity index (χ0) is 13.8. The van der Waals surface area contributed by atoms with Crippen molar-refractivity contribution in [2.24, 2.45) is 0 Å². The summed E-state index contributed by atoms with van der Waals surface area (Å²) in [6.07, 6.45) is -0.329. The molecule has 2 rings (SSSR count). The SMILES string of the molecule is O=C(Cc1c(F)cccc1F)Nc1cccc(I)c1. The van der Waals surface area contributed by atoms with E-state index in [-0.39, 0.29) is 12.0 Å². The Hall–Kier alpha value is -1.50. The maximum Gasteiger partial charge on any atom is 0.229 e. The summed E-state index contributed by atoms with van der Waals surface area (Å²) in [4.78, 5) is 11.8. The summed E-state index contributed by atoms with van der Waals surface area (Å²) in [5, 5.41) is 2.61. The minimum atomic E-state index is -0.710. The summed E-state index contributed by atoms with van der Waals surface area (Å²) < 4.78 is 27.8. The smallest absolute Gasteiger partial charge is 0.229 e. The van der Waals surface area contributed by atoms with E-state index >= 15 is 0 Å².